The Bertz CT molecular complexity index is 199. The third-order valence-electron chi connectivity index (χ3n) is 2.32. The third-order valence-corrected chi connectivity index (χ3v) is 2.32. The van der Waals surface area contributed by atoms with Crippen molar-refractivity contribution in [2.75, 3.05) is 19.7 Å². The van der Waals surface area contributed by atoms with Crippen LogP contribution in [0.1, 0.15) is 26.2 Å². The molecule has 0 aromatic carbocycles. The molecule has 0 spiro atoms. The van der Waals surface area contributed by atoms with E-state index in [0.717, 1.165) is 13.0 Å². The highest BCUT2D eigenvalue weighted by atomic mass is 16.5. The van der Waals surface area contributed by atoms with Crippen molar-refractivity contribution >= 4 is 5.97 Å². The molecule has 0 bridgehead atoms. The minimum absolute atomic E-state index is 0.108. The summed E-state index contributed by atoms with van der Waals surface area (Å²) in [4.78, 5) is 13.5. The van der Waals surface area contributed by atoms with Crippen LogP contribution in [0.4, 0.5) is 0 Å². The molecule has 0 atom stereocenters. The van der Waals surface area contributed by atoms with Gasteiger partial charge in [-0.15, -0.1) is 6.58 Å². The number of nitrogens with zero attached hydrogens (tertiary/aromatic N) is 1. The molecule has 0 heterocycles. The molecule has 0 aromatic heterocycles. The number of hydrogen-bond acceptors (Lipinski definition) is 3. The molecule has 1 aliphatic carbocycles. The molecule has 1 saturated carbocycles. The predicted octanol–water partition coefficient (Wildman–Crippen LogP) is 1.59. The minimum atomic E-state index is -0.108. The zero-order chi connectivity index (χ0) is 10.4. The molecule has 80 valence electrons. The molecule has 0 amide bonds. The second-order valence-electron chi connectivity index (χ2n) is 3.58. The van der Waals surface area contributed by atoms with Gasteiger partial charge in [0.05, 0.1) is 13.2 Å². The molecule has 3 heteroatoms. The Morgan fingerprint density at radius 3 is 2.86 bits per heavy atom. The topological polar surface area (TPSA) is 29.5 Å². The van der Waals surface area contributed by atoms with E-state index in [2.05, 4.69) is 11.5 Å². The Morgan fingerprint density at radius 1 is 1.64 bits per heavy atom. The van der Waals surface area contributed by atoms with Crippen molar-refractivity contribution in [1.82, 2.24) is 4.90 Å². The summed E-state index contributed by atoms with van der Waals surface area (Å²) in [5.41, 5.74) is 0. The Morgan fingerprint density at radius 2 is 2.36 bits per heavy atom. The first-order chi connectivity index (χ1) is 6.77. The summed E-state index contributed by atoms with van der Waals surface area (Å²) in [5.74, 6) is -0.108. The molecule has 0 N–H and O–H groups in total. The largest absolute Gasteiger partial charge is 0.465 e. The molecule has 1 rings (SSSR count). The van der Waals surface area contributed by atoms with Crippen LogP contribution in [-0.4, -0.2) is 36.6 Å². The molecule has 0 radical (unpaired) electrons. The summed E-state index contributed by atoms with van der Waals surface area (Å²) < 4.78 is 4.92. The Hall–Kier alpha value is -0.830. The van der Waals surface area contributed by atoms with Gasteiger partial charge < -0.3 is 4.74 Å². The van der Waals surface area contributed by atoms with Crippen molar-refractivity contribution < 1.29 is 9.53 Å². The van der Waals surface area contributed by atoms with Crippen molar-refractivity contribution in [1.29, 1.82) is 0 Å². The second-order valence-corrected chi connectivity index (χ2v) is 3.58. The van der Waals surface area contributed by atoms with E-state index in [-0.39, 0.29) is 5.97 Å². The summed E-state index contributed by atoms with van der Waals surface area (Å²) in [7, 11) is 0. The van der Waals surface area contributed by atoms with Crippen LogP contribution in [-0.2, 0) is 9.53 Å². The van der Waals surface area contributed by atoms with Crippen molar-refractivity contribution in [2.24, 2.45) is 0 Å². The Labute approximate surface area is 85.7 Å². The second kappa shape index (κ2) is 5.81. The molecule has 3 nitrogen and oxygen atoms in total. The molecular weight excluding hydrogens is 178 g/mol. The van der Waals surface area contributed by atoms with Gasteiger partial charge in [0, 0.05) is 12.6 Å². The van der Waals surface area contributed by atoms with E-state index < -0.39 is 0 Å². The fourth-order valence-electron chi connectivity index (χ4n) is 1.46. The molecular formula is C11H19NO2. The van der Waals surface area contributed by atoms with Crippen LogP contribution < -0.4 is 0 Å². The monoisotopic (exact) mass is 197 g/mol. The molecule has 0 aromatic rings. The smallest absolute Gasteiger partial charge is 0.320 e. The summed E-state index contributed by atoms with van der Waals surface area (Å²) >= 11 is 0. The fourth-order valence-corrected chi connectivity index (χ4v) is 1.46. The average Bonchev–Trinajstić information content (AvgIpc) is 2.95. The maximum atomic E-state index is 11.3. The van der Waals surface area contributed by atoms with Gasteiger partial charge in [-0.2, -0.15) is 0 Å². The lowest BCUT2D eigenvalue weighted by atomic mass is 10.3. The van der Waals surface area contributed by atoms with Gasteiger partial charge in [0.15, 0.2) is 0 Å². The normalized spacial score (nSPS) is 15.6. The van der Waals surface area contributed by atoms with Gasteiger partial charge in [0.1, 0.15) is 0 Å². The maximum absolute atomic E-state index is 11.3. The van der Waals surface area contributed by atoms with Crippen LogP contribution in [0.3, 0.4) is 0 Å². The highest BCUT2D eigenvalue weighted by molar-refractivity contribution is 5.71. The van der Waals surface area contributed by atoms with Crippen LogP contribution >= 0.6 is 0 Å². The zero-order valence-corrected chi connectivity index (χ0v) is 8.87. The number of rotatable bonds is 7. The lowest BCUT2D eigenvalue weighted by molar-refractivity contribution is -0.144. The molecule has 1 aliphatic rings. The lowest BCUT2D eigenvalue weighted by Crippen LogP contribution is -2.33. The number of carbonyl (C=O) groups is 1. The highest BCUT2D eigenvalue weighted by Gasteiger charge is 2.29. The van der Waals surface area contributed by atoms with Gasteiger partial charge in [-0.05, 0) is 26.2 Å². The van der Waals surface area contributed by atoms with Crippen molar-refractivity contribution in [3.63, 3.8) is 0 Å². The molecule has 1 fully saturated rings. The van der Waals surface area contributed by atoms with Crippen molar-refractivity contribution in [2.45, 2.75) is 32.2 Å². The highest BCUT2D eigenvalue weighted by Crippen LogP contribution is 2.26. The Balaban J connectivity index is 2.26. The van der Waals surface area contributed by atoms with E-state index in [1.54, 1.807) is 0 Å². The van der Waals surface area contributed by atoms with Crippen LogP contribution in [0.2, 0.25) is 0 Å². The number of esters is 1. The van der Waals surface area contributed by atoms with Gasteiger partial charge in [0.2, 0.25) is 0 Å². The number of carbonyl (C=O) groups excluding carboxylic acids is 1. The van der Waals surface area contributed by atoms with E-state index in [1.807, 2.05) is 13.0 Å². The van der Waals surface area contributed by atoms with Gasteiger partial charge in [-0.25, -0.2) is 0 Å². The van der Waals surface area contributed by atoms with E-state index in [1.165, 1.54) is 12.8 Å². The lowest BCUT2D eigenvalue weighted by Gasteiger charge is -2.19. The Kier molecular flexibility index (Phi) is 4.66. The molecule has 0 unspecified atom stereocenters. The fraction of sp³-hybridized carbons (Fsp3) is 0.727. The first kappa shape index (κ1) is 11.2. The van der Waals surface area contributed by atoms with Gasteiger partial charge >= 0.3 is 5.97 Å². The zero-order valence-electron chi connectivity index (χ0n) is 8.87. The molecule has 0 saturated heterocycles. The SMILES string of the molecule is C=CCCN(CC(=O)OCC)C1CC1. The summed E-state index contributed by atoms with van der Waals surface area (Å²) in [6.45, 7) is 7.35. The van der Waals surface area contributed by atoms with Crippen molar-refractivity contribution in [3.05, 3.63) is 12.7 Å². The maximum Gasteiger partial charge on any atom is 0.320 e. The summed E-state index contributed by atoms with van der Waals surface area (Å²) in [5, 5.41) is 0. The van der Waals surface area contributed by atoms with E-state index >= 15 is 0 Å². The molecule has 0 aliphatic heterocycles. The number of hydrogen-bond donors (Lipinski definition) is 0. The van der Waals surface area contributed by atoms with E-state index in [0.29, 0.717) is 19.2 Å². The van der Waals surface area contributed by atoms with Crippen LogP contribution in [0, 0.1) is 0 Å². The standard InChI is InChI=1S/C11H19NO2/c1-3-5-8-12(10-6-7-10)9-11(13)14-4-2/h3,10H,1,4-9H2,2H3. The quantitative estimate of drug-likeness (QED) is 0.458. The number of ether oxygens (including phenoxy) is 1. The van der Waals surface area contributed by atoms with Gasteiger partial charge in [-0.3, -0.25) is 9.69 Å². The van der Waals surface area contributed by atoms with Crippen LogP contribution in [0.5, 0.6) is 0 Å². The van der Waals surface area contributed by atoms with Crippen LogP contribution in [0.25, 0.3) is 0 Å². The molecule has 14 heavy (non-hydrogen) atoms. The minimum Gasteiger partial charge on any atom is -0.465 e. The summed E-state index contributed by atoms with van der Waals surface area (Å²) in [6.07, 6.45) is 5.27. The van der Waals surface area contributed by atoms with Gasteiger partial charge in [-0.1, -0.05) is 6.08 Å². The van der Waals surface area contributed by atoms with E-state index in [9.17, 15) is 4.79 Å². The average molecular weight is 197 g/mol. The first-order valence-electron chi connectivity index (χ1n) is 5.28. The third kappa shape index (κ3) is 3.92. The van der Waals surface area contributed by atoms with Crippen LogP contribution in [0.15, 0.2) is 12.7 Å². The van der Waals surface area contributed by atoms with E-state index in [4.69, 9.17) is 4.74 Å². The van der Waals surface area contributed by atoms with Crippen molar-refractivity contribution in [3.8, 4) is 0 Å². The predicted molar refractivity (Wildman–Crippen MR) is 56.0 cm³/mol. The first-order valence-corrected chi connectivity index (χ1v) is 5.28. The van der Waals surface area contributed by atoms with Gasteiger partial charge in [0.25, 0.3) is 0 Å². The summed E-state index contributed by atoms with van der Waals surface area (Å²) in [6, 6.07) is 0.611.